The number of nitrogens with zero attached hydrogens (tertiary/aromatic N) is 2. The molecule has 0 unspecified atom stereocenters. The lowest BCUT2D eigenvalue weighted by Gasteiger charge is -2.06. The van der Waals surface area contributed by atoms with Crippen LogP contribution in [-0.4, -0.2) is 15.0 Å². The molecule has 0 saturated carbocycles. The Morgan fingerprint density at radius 2 is 2.10 bits per heavy atom. The zero-order chi connectivity index (χ0) is 14.1. The standard InChI is InChI=1S/C14H10N2O4/c17-8-9-7-11(10-3-1-2-4-12(10)15-9)14-13(16(18)19)5-6-20-14/h1-7,17H,8H2. The summed E-state index contributed by atoms with van der Waals surface area (Å²) in [5.41, 5.74) is 1.53. The number of hydrogen-bond donors (Lipinski definition) is 1. The molecule has 0 atom stereocenters. The number of para-hydroxylation sites is 1. The van der Waals surface area contributed by atoms with Gasteiger partial charge < -0.3 is 9.52 Å². The Balaban J connectivity index is 2.34. The second-order valence-electron chi connectivity index (χ2n) is 4.23. The van der Waals surface area contributed by atoms with Crippen LogP contribution >= 0.6 is 0 Å². The van der Waals surface area contributed by atoms with Crippen LogP contribution in [0.5, 0.6) is 0 Å². The first-order chi connectivity index (χ1) is 9.70. The SMILES string of the molecule is O=[N+]([O-])c1ccoc1-c1cc(CO)nc2ccccc12. The number of nitro groups is 1. The van der Waals surface area contributed by atoms with Crippen LogP contribution in [0.1, 0.15) is 5.69 Å². The van der Waals surface area contributed by atoms with Crippen molar-refractivity contribution in [3.05, 3.63) is 58.5 Å². The predicted octanol–water partition coefficient (Wildman–Crippen LogP) is 2.90. The van der Waals surface area contributed by atoms with Crippen molar-refractivity contribution in [2.24, 2.45) is 0 Å². The predicted molar refractivity (Wildman–Crippen MR) is 72.0 cm³/mol. The first-order valence-electron chi connectivity index (χ1n) is 5.92. The molecule has 6 nitrogen and oxygen atoms in total. The van der Waals surface area contributed by atoms with E-state index in [1.165, 1.54) is 12.3 Å². The number of hydrogen-bond acceptors (Lipinski definition) is 5. The largest absolute Gasteiger partial charge is 0.457 e. The van der Waals surface area contributed by atoms with E-state index < -0.39 is 4.92 Å². The Morgan fingerprint density at radius 1 is 1.30 bits per heavy atom. The molecule has 20 heavy (non-hydrogen) atoms. The molecule has 1 aromatic carbocycles. The van der Waals surface area contributed by atoms with Gasteiger partial charge in [0.25, 0.3) is 0 Å². The molecule has 0 amide bonds. The summed E-state index contributed by atoms with van der Waals surface area (Å²) in [6.45, 7) is -0.244. The third-order valence-corrected chi connectivity index (χ3v) is 3.02. The average Bonchev–Trinajstić information content (AvgIpc) is 2.95. The van der Waals surface area contributed by atoms with E-state index in [9.17, 15) is 15.2 Å². The van der Waals surface area contributed by atoms with Gasteiger partial charge in [-0.2, -0.15) is 0 Å². The van der Waals surface area contributed by atoms with Crippen molar-refractivity contribution in [1.29, 1.82) is 0 Å². The Bertz CT molecular complexity index is 795. The molecular weight excluding hydrogens is 260 g/mol. The van der Waals surface area contributed by atoms with E-state index in [4.69, 9.17) is 4.42 Å². The highest BCUT2D eigenvalue weighted by molar-refractivity contribution is 5.95. The lowest BCUT2D eigenvalue weighted by Crippen LogP contribution is -1.94. The topological polar surface area (TPSA) is 89.4 Å². The van der Waals surface area contributed by atoms with Gasteiger partial charge in [-0.3, -0.25) is 15.1 Å². The molecule has 0 aliphatic carbocycles. The van der Waals surface area contributed by atoms with Gasteiger partial charge in [0, 0.05) is 10.9 Å². The number of benzene rings is 1. The van der Waals surface area contributed by atoms with Crippen molar-refractivity contribution in [2.75, 3.05) is 0 Å². The summed E-state index contributed by atoms with van der Waals surface area (Å²) in [6, 6.07) is 10.1. The number of fused-ring (bicyclic) bond motifs is 1. The summed E-state index contributed by atoms with van der Waals surface area (Å²) in [5.74, 6) is 0.170. The molecule has 1 N–H and O–H groups in total. The fraction of sp³-hybridized carbons (Fsp3) is 0.0714. The minimum absolute atomic E-state index is 0.106. The number of furan rings is 1. The monoisotopic (exact) mass is 270 g/mol. The summed E-state index contributed by atoms with van der Waals surface area (Å²) in [5, 5.41) is 21.0. The molecule has 0 bridgehead atoms. The molecule has 2 heterocycles. The maximum atomic E-state index is 11.0. The van der Waals surface area contributed by atoms with Crippen molar-refractivity contribution in [3.8, 4) is 11.3 Å². The van der Waals surface area contributed by atoms with Gasteiger partial charge in [-0.15, -0.1) is 0 Å². The number of rotatable bonds is 3. The van der Waals surface area contributed by atoms with Crippen LogP contribution in [0.25, 0.3) is 22.2 Å². The molecule has 0 radical (unpaired) electrons. The van der Waals surface area contributed by atoms with E-state index in [1.807, 2.05) is 18.2 Å². The third-order valence-electron chi connectivity index (χ3n) is 3.02. The van der Waals surface area contributed by atoms with Gasteiger partial charge in [0.15, 0.2) is 0 Å². The zero-order valence-corrected chi connectivity index (χ0v) is 10.3. The Labute approximate surface area is 113 Å². The molecule has 6 heteroatoms. The summed E-state index contributed by atoms with van der Waals surface area (Å²) < 4.78 is 5.27. The van der Waals surface area contributed by atoms with Gasteiger partial charge in [0.1, 0.15) is 0 Å². The lowest BCUT2D eigenvalue weighted by molar-refractivity contribution is -0.384. The van der Waals surface area contributed by atoms with E-state index in [1.54, 1.807) is 12.1 Å². The second kappa shape index (κ2) is 4.75. The van der Waals surface area contributed by atoms with Crippen molar-refractivity contribution in [2.45, 2.75) is 6.61 Å². The van der Waals surface area contributed by atoms with Crippen LogP contribution in [0, 0.1) is 10.1 Å². The molecule has 0 fully saturated rings. The number of aliphatic hydroxyl groups is 1. The van der Waals surface area contributed by atoms with E-state index in [2.05, 4.69) is 4.98 Å². The summed E-state index contributed by atoms with van der Waals surface area (Å²) >= 11 is 0. The minimum Gasteiger partial charge on any atom is -0.457 e. The molecule has 0 saturated heterocycles. The molecule has 3 aromatic rings. The minimum atomic E-state index is -0.493. The van der Waals surface area contributed by atoms with Crippen molar-refractivity contribution < 1.29 is 14.4 Å². The Morgan fingerprint density at radius 3 is 2.85 bits per heavy atom. The molecule has 0 aliphatic heterocycles. The maximum absolute atomic E-state index is 11.0. The van der Waals surface area contributed by atoms with Crippen molar-refractivity contribution >= 4 is 16.6 Å². The zero-order valence-electron chi connectivity index (χ0n) is 10.3. The van der Waals surface area contributed by atoms with Crippen molar-refractivity contribution in [3.63, 3.8) is 0 Å². The second-order valence-corrected chi connectivity index (χ2v) is 4.23. The number of pyridine rings is 1. The summed E-state index contributed by atoms with van der Waals surface area (Å²) in [7, 11) is 0. The molecule has 0 aliphatic rings. The average molecular weight is 270 g/mol. The van der Waals surface area contributed by atoms with Crippen molar-refractivity contribution in [1.82, 2.24) is 4.98 Å². The normalized spacial score (nSPS) is 10.8. The first kappa shape index (κ1) is 12.3. The van der Waals surface area contributed by atoms with Crippen LogP contribution < -0.4 is 0 Å². The Hall–Kier alpha value is -2.73. The number of aliphatic hydroxyl groups excluding tert-OH is 1. The van der Waals surface area contributed by atoms with E-state index in [-0.39, 0.29) is 18.1 Å². The van der Waals surface area contributed by atoms with Crippen LogP contribution in [-0.2, 0) is 6.61 Å². The fourth-order valence-corrected chi connectivity index (χ4v) is 2.15. The molecular formula is C14H10N2O4. The molecule has 3 rings (SSSR count). The Kier molecular flexibility index (Phi) is 2.92. The molecule has 2 aromatic heterocycles. The molecule has 100 valence electrons. The van der Waals surface area contributed by atoms with Gasteiger partial charge >= 0.3 is 5.69 Å². The van der Waals surface area contributed by atoms with Crippen LogP contribution in [0.3, 0.4) is 0 Å². The van der Waals surface area contributed by atoms with Gasteiger partial charge in [-0.1, -0.05) is 18.2 Å². The highest BCUT2D eigenvalue weighted by atomic mass is 16.6. The van der Waals surface area contributed by atoms with Crippen LogP contribution in [0.4, 0.5) is 5.69 Å². The highest BCUT2D eigenvalue weighted by Gasteiger charge is 2.21. The third kappa shape index (κ3) is 1.92. The first-order valence-corrected chi connectivity index (χ1v) is 5.92. The van der Waals surface area contributed by atoms with Gasteiger partial charge in [0.05, 0.1) is 35.1 Å². The summed E-state index contributed by atoms with van der Waals surface area (Å²) in [4.78, 5) is 14.8. The summed E-state index contributed by atoms with van der Waals surface area (Å²) in [6.07, 6.45) is 1.28. The molecule has 0 spiro atoms. The van der Waals surface area contributed by atoms with Crippen LogP contribution in [0.15, 0.2) is 47.1 Å². The van der Waals surface area contributed by atoms with Gasteiger partial charge in [0.2, 0.25) is 5.76 Å². The van der Waals surface area contributed by atoms with E-state index in [0.717, 1.165) is 5.39 Å². The maximum Gasteiger partial charge on any atom is 0.315 e. The quantitative estimate of drug-likeness (QED) is 0.583. The van der Waals surface area contributed by atoms with Gasteiger partial charge in [-0.25, -0.2) is 0 Å². The van der Waals surface area contributed by atoms with Gasteiger partial charge in [-0.05, 0) is 12.1 Å². The number of aromatic nitrogens is 1. The van der Waals surface area contributed by atoms with E-state index in [0.29, 0.717) is 16.8 Å². The van der Waals surface area contributed by atoms with E-state index >= 15 is 0 Å². The lowest BCUT2D eigenvalue weighted by atomic mass is 10.0. The smallest absolute Gasteiger partial charge is 0.315 e. The van der Waals surface area contributed by atoms with Crippen LogP contribution in [0.2, 0.25) is 0 Å². The highest BCUT2D eigenvalue weighted by Crippen LogP contribution is 2.35. The fourth-order valence-electron chi connectivity index (χ4n) is 2.15.